The standard InChI is InChI=1S/C53H42N4O.Pt/c1-37-18-11-12-25-44(37)38-32-33-54-51(34-38)55-47-27-14-13-26-45(47)46-31-30-42(36-50(46)55)53(39-19-7-5-8-20-39,40-21-9-6-10-22-40)41-23-17-24-43(35-41)56-48-28-15-16-29-49(48)57(58-56)52(2,3)4;/h5-34H,1-4H3;/q-2;/p+1. The number of hydrogen-bond acceptors (Lipinski definition) is 3. The average molecular weight is 947 g/mol. The third-order valence-electron chi connectivity index (χ3n) is 11.4. The number of nitrogens with zero attached hydrogens (tertiary/aromatic N) is 4. The molecule has 292 valence electrons. The molecule has 0 fully saturated rings. The molecule has 1 aliphatic heterocycles. The van der Waals surface area contributed by atoms with E-state index in [9.17, 15) is 0 Å². The van der Waals surface area contributed by atoms with Crippen LogP contribution in [0.4, 0.5) is 17.1 Å². The molecule has 7 aromatic carbocycles. The fourth-order valence-electron chi connectivity index (χ4n) is 8.75. The van der Waals surface area contributed by atoms with Crippen molar-refractivity contribution in [2.24, 2.45) is 0 Å². The first-order valence-electron chi connectivity index (χ1n) is 19.9. The summed E-state index contributed by atoms with van der Waals surface area (Å²) in [4.78, 5) is 10.2. The first kappa shape index (κ1) is 38.3. The first-order valence-corrected chi connectivity index (χ1v) is 19.9. The Morgan fingerprint density at radius 2 is 1.22 bits per heavy atom. The molecule has 0 saturated heterocycles. The predicted octanol–water partition coefficient (Wildman–Crippen LogP) is 12.7. The molecule has 10 rings (SSSR count). The van der Waals surface area contributed by atoms with Gasteiger partial charge >= 0.3 is 0 Å². The molecule has 0 amide bonds. The second kappa shape index (κ2) is 15.2. The van der Waals surface area contributed by atoms with Crippen molar-refractivity contribution >= 4 is 38.9 Å². The molecule has 0 bridgehead atoms. The molecule has 3 heterocycles. The zero-order valence-electron chi connectivity index (χ0n) is 33.4. The molecule has 0 aliphatic carbocycles. The summed E-state index contributed by atoms with van der Waals surface area (Å²) in [5.41, 5.74) is 11.7. The van der Waals surface area contributed by atoms with E-state index >= 15 is 0 Å². The number of hydroxylamine groups is 1. The van der Waals surface area contributed by atoms with Crippen molar-refractivity contribution in [3.63, 3.8) is 0 Å². The molecular formula is C53H43N4OPt-. The monoisotopic (exact) mass is 946 g/mol. The number of aryl methyl sites for hydroxylation is 1. The van der Waals surface area contributed by atoms with Gasteiger partial charge in [-0.3, -0.25) is 0 Å². The Kier molecular flexibility index (Phi) is 9.83. The SMILES string of the molecule is Cc1ccccc1-c1ccnc(-n2c3[c-]c(C(c4[c-]c(N5[OH+]N(C(C)(C)C)c6ccccc65)ccc4)(c4ccccc4)c4ccccc4)ccc3c3ccccc32)c1.[Pt]. The average Bonchev–Trinajstić information content (AvgIpc) is 3.82. The number of anilines is 3. The maximum Gasteiger partial charge on any atom is 0.145 e. The Hall–Kier alpha value is -6.26. The van der Waals surface area contributed by atoms with Crippen LogP contribution in [0.5, 0.6) is 0 Å². The largest absolute Gasteiger partial charge is 0.319 e. The molecule has 0 unspecified atom stereocenters. The third-order valence-corrected chi connectivity index (χ3v) is 11.4. The molecule has 2 aromatic heterocycles. The summed E-state index contributed by atoms with van der Waals surface area (Å²) in [7, 11) is 0. The van der Waals surface area contributed by atoms with Gasteiger partial charge in [-0.2, -0.15) is 35.3 Å². The zero-order chi connectivity index (χ0) is 39.4. The van der Waals surface area contributed by atoms with E-state index in [2.05, 4.69) is 225 Å². The fourth-order valence-corrected chi connectivity index (χ4v) is 8.75. The summed E-state index contributed by atoms with van der Waals surface area (Å²) < 4.78 is 2.28. The van der Waals surface area contributed by atoms with Crippen molar-refractivity contribution in [2.45, 2.75) is 38.6 Å². The number of pyridine rings is 1. The smallest absolute Gasteiger partial charge is 0.145 e. The molecule has 0 spiro atoms. The quantitative estimate of drug-likeness (QED) is 0.0907. The van der Waals surface area contributed by atoms with Crippen molar-refractivity contribution in [1.82, 2.24) is 9.55 Å². The van der Waals surface area contributed by atoms with Crippen molar-refractivity contribution < 1.29 is 26.0 Å². The number of hydrogen-bond donors (Lipinski definition) is 0. The number of aromatic nitrogens is 2. The molecule has 1 aliphatic rings. The number of fused-ring (bicyclic) bond motifs is 4. The van der Waals surface area contributed by atoms with Crippen LogP contribution in [0.3, 0.4) is 0 Å². The van der Waals surface area contributed by atoms with E-state index in [4.69, 9.17) is 9.92 Å². The Morgan fingerprint density at radius 3 is 1.95 bits per heavy atom. The Morgan fingerprint density at radius 1 is 0.576 bits per heavy atom. The molecule has 0 radical (unpaired) electrons. The van der Waals surface area contributed by atoms with E-state index in [0.717, 1.165) is 72.5 Å². The van der Waals surface area contributed by atoms with Crippen molar-refractivity contribution in [2.75, 3.05) is 10.1 Å². The molecule has 6 heteroatoms. The fraction of sp³-hybridized carbons (Fsp3) is 0.113. The van der Waals surface area contributed by atoms with Gasteiger partial charge in [0.1, 0.15) is 22.7 Å². The second-order valence-corrected chi connectivity index (χ2v) is 16.0. The summed E-state index contributed by atoms with van der Waals surface area (Å²) in [6.07, 6.45) is 1.92. The van der Waals surface area contributed by atoms with Crippen LogP contribution in [0.1, 0.15) is 48.6 Å². The summed E-state index contributed by atoms with van der Waals surface area (Å²) >= 11 is 0. The summed E-state index contributed by atoms with van der Waals surface area (Å²) in [5.74, 6) is 0.844. The van der Waals surface area contributed by atoms with Crippen LogP contribution >= 0.6 is 0 Å². The minimum atomic E-state index is -0.812. The molecule has 9 aromatic rings. The van der Waals surface area contributed by atoms with Crippen LogP contribution in [0.2, 0.25) is 0 Å². The molecule has 5 nitrogen and oxygen atoms in total. The van der Waals surface area contributed by atoms with Gasteiger partial charge in [0.2, 0.25) is 0 Å². The third kappa shape index (κ3) is 6.37. The zero-order valence-corrected chi connectivity index (χ0v) is 35.6. The van der Waals surface area contributed by atoms with E-state index in [1.54, 1.807) is 0 Å². The van der Waals surface area contributed by atoms with Gasteiger partial charge in [0, 0.05) is 43.9 Å². The van der Waals surface area contributed by atoms with E-state index in [1.165, 1.54) is 11.1 Å². The van der Waals surface area contributed by atoms with Gasteiger partial charge in [0.15, 0.2) is 0 Å². The number of benzene rings is 7. The summed E-state index contributed by atoms with van der Waals surface area (Å²) in [5, 5.41) is 6.40. The minimum absolute atomic E-state index is 0. The van der Waals surface area contributed by atoms with Crippen LogP contribution in [0.25, 0.3) is 38.8 Å². The van der Waals surface area contributed by atoms with Crippen LogP contribution in [-0.2, 0) is 26.5 Å². The Bertz CT molecular complexity index is 2910. The number of para-hydroxylation sites is 3. The molecule has 0 saturated carbocycles. The van der Waals surface area contributed by atoms with Gasteiger partial charge in [-0.1, -0.05) is 121 Å². The van der Waals surface area contributed by atoms with Crippen molar-refractivity contribution in [3.05, 3.63) is 222 Å². The second-order valence-electron chi connectivity index (χ2n) is 16.0. The van der Waals surface area contributed by atoms with Crippen LogP contribution in [-0.4, -0.2) is 20.0 Å². The van der Waals surface area contributed by atoms with Gasteiger partial charge in [-0.25, -0.2) is 4.98 Å². The molecular weight excluding hydrogens is 904 g/mol. The summed E-state index contributed by atoms with van der Waals surface area (Å²) in [6, 6.07) is 70.4. The van der Waals surface area contributed by atoms with E-state index in [0.29, 0.717) is 0 Å². The van der Waals surface area contributed by atoms with Gasteiger partial charge < -0.3 is 4.57 Å². The van der Waals surface area contributed by atoms with Crippen LogP contribution in [0, 0.1) is 19.1 Å². The molecule has 1 N–H and O–H groups in total. The van der Waals surface area contributed by atoms with Gasteiger partial charge in [-0.05, 0) is 91.2 Å². The molecule has 59 heavy (non-hydrogen) atoms. The van der Waals surface area contributed by atoms with Gasteiger partial charge in [0.05, 0.1) is 0 Å². The van der Waals surface area contributed by atoms with Crippen LogP contribution < -0.4 is 10.1 Å². The van der Waals surface area contributed by atoms with E-state index in [1.807, 2.05) is 11.3 Å². The Balaban J connectivity index is 0.00000449. The van der Waals surface area contributed by atoms with Crippen molar-refractivity contribution in [1.29, 1.82) is 0 Å². The maximum atomic E-state index is 5.20. The van der Waals surface area contributed by atoms with Gasteiger partial charge in [0.25, 0.3) is 0 Å². The van der Waals surface area contributed by atoms with Gasteiger partial charge in [-0.15, -0.1) is 38.8 Å². The van der Waals surface area contributed by atoms with E-state index < -0.39 is 5.41 Å². The topological polar surface area (TPSA) is 37.1 Å². The summed E-state index contributed by atoms with van der Waals surface area (Å²) in [6.45, 7) is 8.72. The van der Waals surface area contributed by atoms with Crippen molar-refractivity contribution in [3.8, 4) is 16.9 Å². The Labute approximate surface area is 360 Å². The molecule has 0 atom stereocenters. The number of rotatable bonds is 7. The predicted molar refractivity (Wildman–Crippen MR) is 237 cm³/mol. The minimum Gasteiger partial charge on any atom is -0.319 e. The maximum absolute atomic E-state index is 5.20. The van der Waals surface area contributed by atoms with Crippen LogP contribution in [0.15, 0.2) is 182 Å². The normalized spacial score (nSPS) is 12.8. The van der Waals surface area contributed by atoms with E-state index in [-0.39, 0.29) is 26.6 Å². The first-order chi connectivity index (χ1) is 28.3.